The van der Waals surface area contributed by atoms with Crippen molar-refractivity contribution in [3.63, 3.8) is 0 Å². The molecule has 0 aliphatic heterocycles. The Bertz CT molecular complexity index is 726. The molecule has 2 rings (SSSR count). The first-order valence-corrected chi connectivity index (χ1v) is 6.23. The number of anilines is 1. The molecule has 0 aliphatic rings. The van der Waals surface area contributed by atoms with Crippen LogP contribution in [0.2, 0.25) is 10.0 Å². The number of benzene rings is 2. The molecular formula is C14H7Cl2FN2O. The number of carbonyl (C=O) groups excluding carboxylic acids is 1. The Morgan fingerprint density at radius 3 is 2.50 bits per heavy atom. The monoisotopic (exact) mass is 308 g/mol. The fourth-order valence-corrected chi connectivity index (χ4v) is 1.84. The molecule has 0 spiro atoms. The van der Waals surface area contributed by atoms with Gasteiger partial charge in [-0.1, -0.05) is 23.2 Å². The average Bonchev–Trinajstić information content (AvgIpc) is 2.42. The number of hydrogen-bond donors (Lipinski definition) is 1. The maximum atomic E-state index is 13.7. The molecule has 100 valence electrons. The van der Waals surface area contributed by atoms with Crippen LogP contribution in [0, 0.1) is 17.1 Å². The van der Waals surface area contributed by atoms with Crippen molar-refractivity contribution >= 4 is 34.8 Å². The zero-order chi connectivity index (χ0) is 14.7. The summed E-state index contributed by atoms with van der Waals surface area (Å²) in [7, 11) is 0. The van der Waals surface area contributed by atoms with E-state index in [1.54, 1.807) is 12.1 Å². The molecule has 2 aromatic carbocycles. The van der Waals surface area contributed by atoms with Crippen molar-refractivity contribution in [2.45, 2.75) is 0 Å². The summed E-state index contributed by atoms with van der Waals surface area (Å²) in [4.78, 5) is 11.9. The highest BCUT2D eigenvalue weighted by molar-refractivity contribution is 6.42. The molecule has 0 saturated carbocycles. The molecule has 0 saturated heterocycles. The second-order valence-corrected chi connectivity index (χ2v) is 4.70. The van der Waals surface area contributed by atoms with Crippen molar-refractivity contribution in [2.24, 2.45) is 0 Å². The van der Waals surface area contributed by atoms with Gasteiger partial charge in [0.2, 0.25) is 0 Å². The van der Waals surface area contributed by atoms with E-state index in [0.29, 0.717) is 10.7 Å². The van der Waals surface area contributed by atoms with Crippen LogP contribution in [0.1, 0.15) is 15.9 Å². The maximum absolute atomic E-state index is 13.7. The Labute approximate surface area is 124 Å². The Kier molecular flexibility index (Phi) is 4.23. The van der Waals surface area contributed by atoms with Crippen LogP contribution in [-0.2, 0) is 0 Å². The quantitative estimate of drug-likeness (QED) is 0.901. The molecule has 0 aromatic heterocycles. The van der Waals surface area contributed by atoms with Gasteiger partial charge in [-0.15, -0.1) is 0 Å². The number of amides is 1. The summed E-state index contributed by atoms with van der Waals surface area (Å²) in [6, 6.07) is 9.95. The molecule has 3 nitrogen and oxygen atoms in total. The van der Waals surface area contributed by atoms with Crippen LogP contribution in [0.4, 0.5) is 10.1 Å². The molecule has 2 aromatic rings. The molecule has 6 heteroatoms. The molecule has 0 fully saturated rings. The molecule has 0 heterocycles. The van der Waals surface area contributed by atoms with Crippen LogP contribution < -0.4 is 5.32 Å². The van der Waals surface area contributed by atoms with Gasteiger partial charge >= 0.3 is 0 Å². The van der Waals surface area contributed by atoms with Crippen LogP contribution in [0.5, 0.6) is 0 Å². The largest absolute Gasteiger partial charge is 0.322 e. The number of nitriles is 1. The van der Waals surface area contributed by atoms with E-state index >= 15 is 0 Å². The van der Waals surface area contributed by atoms with Crippen LogP contribution in [0.25, 0.3) is 0 Å². The Morgan fingerprint density at radius 2 is 1.90 bits per heavy atom. The first kappa shape index (κ1) is 14.3. The third-order valence-corrected chi connectivity index (χ3v) is 3.26. The lowest BCUT2D eigenvalue weighted by Crippen LogP contribution is -2.13. The van der Waals surface area contributed by atoms with E-state index in [9.17, 15) is 9.18 Å². The summed E-state index contributed by atoms with van der Waals surface area (Å²) in [5.74, 6) is -1.40. The second kappa shape index (κ2) is 5.91. The van der Waals surface area contributed by atoms with Crippen molar-refractivity contribution in [2.75, 3.05) is 5.32 Å². The van der Waals surface area contributed by atoms with E-state index in [0.717, 1.165) is 6.07 Å². The van der Waals surface area contributed by atoms with Gasteiger partial charge in [0.25, 0.3) is 5.91 Å². The first-order chi connectivity index (χ1) is 9.51. The fraction of sp³-hybridized carbons (Fsp3) is 0. The van der Waals surface area contributed by atoms with Crippen molar-refractivity contribution in [3.05, 3.63) is 63.4 Å². The van der Waals surface area contributed by atoms with Gasteiger partial charge in [0, 0.05) is 5.69 Å². The summed E-state index contributed by atoms with van der Waals surface area (Å²) >= 11 is 11.6. The summed E-state index contributed by atoms with van der Waals surface area (Å²) < 4.78 is 13.7. The zero-order valence-electron chi connectivity index (χ0n) is 9.95. The molecule has 1 amide bonds. The van der Waals surface area contributed by atoms with Gasteiger partial charge in [-0.2, -0.15) is 5.26 Å². The fourth-order valence-electron chi connectivity index (χ4n) is 1.54. The predicted molar refractivity (Wildman–Crippen MR) is 75.5 cm³/mol. The highest BCUT2D eigenvalue weighted by Gasteiger charge is 2.13. The standard InChI is InChI=1S/C14H7Cl2FN2O/c15-11-4-2-9(6-12(11)16)19-14(20)10-3-1-8(7-18)5-13(10)17/h1-6H,(H,19,20). The molecule has 0 bridgehead atoms. The normalized spacial score (nSPS) is 9.90. The van der Waals surface area contributed by atoms with E-state index in [1.165, 1.54) is 24.3 Å². The summed E-state index contributed by atoms with van der Waals surface area (Å²) in [6.45, 7) is 0. The smallest absolute Gasteiger partial charge is 0.258 e. The maximum Gasteiger partial charge on any atom is 0.258 e. The van der Waals surface area contributed by atoms with Crippen molar-refractivity contribution in [3.8, 4) is 6.07 Å². The highest BCUT2D eigenvalue weighted by Crippen LogP contribution is 2.25. The third kappa shape index (κ3) is 3.08. The lowest BCUT2D eigenvalue weighted by Gasteiger charge is -2.07. The Balaban J connectivity index is 2.24. The molecule has 0 aliphatic carbocycles. The van der Waals surface area contributed by atoms with Crippen molar-refractivity contribution in [1.29, 1.82) is 5.26 Å². The van der Waals surface area contributed by atoms with Crippen molar-refractivity contribution in [1.82, 2.24) is 0 Å². The molecule has 20 heavy (non-hydrogen) atoms. The van der Waals surface area contributed by atoms with Crippen LogP contribution in [0.3, 0.4) is 0 Å². The molecule has 0 radical (unpaired) electrons. The highest BCUT2D eigenvalue weighted by atomic mass is 35.5. The lowest BCUT2D eigenvalue weighted by molar-refractivity contribution is 0.102. The SMILES string of the molecule is N#Cc1ccc(C(=O)Nc2ccc(Cl)c(Cl)c2)c(F)c1. The minimum absolute atomic E-state index is 0.147. The minimum atomic E-state index is -0.762. The van der Waals surface area contributed by atoms with Crippen LogP contribution >= 0.6 is 23.2 Å². The topological polar surface area (TPSA) is 52.9 Å². The summed E-state index contributed by atoms with van der Waals surface area (Å²) in [5.41, 5.74) is 0.386. The average molecular weight is 309 g/mol. The Morgan fingerprint density at radius 1 is 1.15 bits per heavy atom. The van der Waals surface area contributed by atoms with Crippen LogP contribution in [-0.4, -0.2) is 5.91 Å². The number of nitrogens with one attached hydrogen (secondary N) is 1. The molecular weight excluding hydrogens is 302 g/mol. The van der Waals surface area contributed by atoms with Gasteiger partial charge < -0.3 is 5.32 Å². The lowest BCUT2D eigenvalue weighted by atomic mass is 10.1. The Hall–Kier alpha value is -2.09. The van der Waals surface area contributed by atoms with Gasteiger partial charge in [0.15, 0.2) is 0 Å². The van der Waals surface area contributed by atoms with Crippen LogP contribution in [0.15, 0.2) is 36.4 Å². The summed E-state index contributed by atoms with van der Waals surface area (Å²) in [6.07, 6.45) is 0. The number of hydrogen-bond acceptors (Lipinski definition) is 2. The van der Waals surface area contributed by atoms with Gasteiger partial charge in [0.05, 0.1) is 27.2 Å². The van der Waals surface area contributed by atoms with E-state index in [1.807, 2.05) is 0 Å². The number of halogens is 3. The molecule has 0 unspecified atom stereocenters. The third-order valence-electron chi connectivity index (χ3n) is 2.52. The van der Waals surface area contributed by atoms with Gasteiger partial charge in [-0.3, -0.25) is 4.79 Å². The predicted octanol–water partition coefficient (Wildman–Crippen LogP) is 4.26. The van der Waals surface area contributed by atoms with E-state index in [4.69, 9.17) is 28.5 Å². The number of nitrogens with zero attached hydrogens (tertiary/aromatic N) is 1. The number of rotatable bonds is 2. The van der Waals surface area contributed by atoms with E-state index < -0.39 is 11.7 Å². The van der Waals surface area contributed by atoms with Gasteiger partial charge in [0.1, 0.15) is 5.82 Å². The van der Waals surface area contributed by atoms with Gasteiger partial charge in [-0.05, 0) is 36.4 Å². The number of carbonyl (C=O) groups is 1. The summed E-state index contributed by atoms with van der Waals surface area (Å²) in [5, 5.41) is 11.8. The first-order valence-electron chi connectivity index (χ1n) is 5.47. The minimum Gasteiger partial charge on any atom is -0.322 e. The second-order valence-electron chi connectivity index (χ2n) is 3.89. The van der Waals surface area contributed by atoms with Gasteiger partial charge in [-0.25, -0.2) is 4.39 Å². The van der Waals surface area contributed by atoms with E-state index in [2.05, 4.69) is 5.32 Å². The molecule has 0 atom stereocenters. The van der Waals surface area contributed by atoms with Crippen molar-refractivity contribution < 1.29 is 9.18 Å². The van der Waals surface area contributed by atoms with E-state index in [-0.39, 0.29) is 16.1 Å². The zero-order valence-corrected chi connectivity index (χ0v) is 11.5. The molecule has 1 N–H and O–H groups in total.